The Morgan fingerprint density at radius 2 is 1.72 bits per heavy atom. The van der Waals surface area contributed by atoms with E-state index in [-0.39, 0.29) is 13.0 Å². The number of aliphatic carboxylic acids is 1. The molecular formula is C21H25NO3. The first-order chi connectivity index (χ1) is 12.2. The molecule has 4 heteroatoms. The number of aryl methyl sites for hydroxylation is 1. The van der Waals surface area contributed by atoms with Crippen molar-refractivity contribution in [2.45, 2.75) is 38.7 Å². The lowest BCUT2D eigenvalue weighted by molar-refractivity contribution is -0.136. The lowest BCUT2D eigenvalue weighted by atomic mass is 9.92. The summed E-state index contributed by atoms with van der Waals surface area (Å²) in [5, 5.41) is 18.8. The van der Waals surface area contributed by atoms with Crippen LogP contribution in [0.2, 0.25) is 0 Å². The summed E-state index contributed by atoms with van der Waals surface area (Å²) < 4.78 is 0. The zero-order valence-corrected chi connectivity index (χ0v) is 14.4. The topological polar surface area (TPSA) is 60.8 Å². The van der Waals surface area contributed by atoms with E-state index in [0.717, 1.165) is 35.3 Å². The van der Waals surface area contributed by atoms with Gasteiger partial charge in [0.2, 0.25) is 0 Å². The summed E-state index contributed by atoms with van der Waals surface area (Å²) in [7, 11) is 0. The van der Waals surface area contributed by atoms with Crippen molar-refractivity contribution >= 4 is 11.7 Å². The van der Waals surface area contributed by atoms with Crippen LogP contribution in [-0.4, -0.2) is 29.3 Å². The van der Waals surface area contributed by atoms with Crippen LogP contribution in [0.15, 0.2) is 42.5 Å². The van der Waals surface area contributed by atoms with Gasteiger partial charge in [0.25, 0.3) is 0 Å². The van der Waals surface area contributed by atoms with E-state index in [2.05, 4.69) is 23.1 Å². The molecule has 1 aliphatic heterocycles. The first kappa shape index (κ1) is 17.5. The number of hydrogen-bond acceptors (Lipinski definition) is 3. The van der Waals surface area contributed by atoms with Crippen LogP contribution < -0.4 is 4.90 Å². The number of hydrogen-bond donors (Lipinski definition) is 2. The minimum atomic E-state index is -0.803. The third-order valence-electron chi connectivity index (χ3n) is 4.87. The summed E-state index contributed by atoms with van der Waals surface area (Å²) in [5.41, 5.74) is 5.05. The van der Waals surface area contributed by atoms with Crippen LogP contribution in [0.1, 0.15) is 36.8 Å². The number of carboxylic acids is 1. The molecule has 1 heterocycles. The van der Waals surface area contributed by atoms with Gasteiger partial charge >= 0.3 is 5.97 Å². The highest BCUT2D eigenvalue weighted by molar-refractivity contribution is 5.75. The molecule has 0 radical (unpaired) electrons. The average molecular weight is 339 g/mol. The third kappa shape index (κ3) is 4.20. The van der Waals surface area contributed by atoms with Crippen molar-refractivity contribution in [1.82, 2.24) is 0 Å². The molecule has 4 nitrogen and oxygen atoms in total. The molecule has 1 saturated heterocycles. The SMILES string of the molecule is O=C(O)CCc1cccc(CO)c1-c1cccc(N2CCCCC2)c1. The molecule has 0 bridgehead atoms. The minimum Gasteiger partial charge on any atom is -0.481 e. The Morgan fingerprint density at radius 1 is 1.00 bits per heavy atom. The van der Waals surface area contributed by atoms with Gasteiger partial charge in [0.05, 0.1) is 6.61 Å². The van der Waals surface area contributed by atoms with Crippen molar-refractivity contribution in [3.8, 4) is 11.1 Å². The highest BCUT2D eigenvalue weighted by Gasteiger charge is 2.15. The number of aliphatic hydroxyl groups excluding tert-OH is 1. The molecule has 0 aromatic heterocycles. The maximum atomic E-state index is 11.0. The Morgan fingerprint density at radius 3 is 2.44 bits per heavy atom. The van der Waals surface area contributed by atoms with Crippen LogP contribution in [0.25, 0.3) is 11.1 Å². The summed E-state index contributed by atoms with van der Waals surface area (Å²) in [6.45, 7) is 2.11. The quantitative estimate of drug-likeness (QED) is 0.839. The van der Waals surface area contributed by atoms with Gasteiger partial charge in [0.1, 0.15) is 0 Å². The molecule has 2 aromatic rings. The van der Waals surface area contributed by atoms with Gasteiger partial charge in [0, 0.05) is 25.2 Å². The van der Waals surface area contributed by atoms with Crippen molar-refractivity contribution in [3.63, 3.8) is 0 Å². The molecule has 25 heavy (non-hydrogen) atoms. The van der Waals surface area contributed by atoms with Gasteiger partial charge < -0.3 is 15.1 Å². The molecule has 0 saturated carbocycles. The van der Waals surface area contributed by atoms with E-state index < -0.39 is 5.97 Å². The molecule has 0 unspecified atom stereocenters. The van der Waals surface area contributed by atoms with Crippen LogP contribution in [0.3, 0.4) is 0 Å². The summed E-state index contributed by atoms with van der Waals surface area (Å²) in [6, 6.07) is 14.2. The number of nitrogens with zero attached hydrogens (tertiary/aromatic N) is 1. The van der Waals surface area contributed by atoms with E-state index in [1.54, 1.807) is 0 Å². The number of benzene rings is 2. The van der Waals surface area contributed by atoms with Gasteiger partial charge in [-0.25, -0.2) is 0 Å². The highest BCUT2D eigenvalue weighted by atomic mass is 16.4. The predicted molar refractivity (Wildman–Crippen MR) is 99.8 cm³/mol. The maximum absolute atomic E-state index is 11.0. The fourth-order valence-corrected chi connectivity index (χ4v) is 3.62. The number of carbonyl (C=O) groups is 1. The predicted octanol–water partition coefficient (Wildman–Crippen LogP) is 3.85. The zero-order valence-electron chi connectivity index (χ0n) is 14.4. The molecule has 0 atom stereocenters. The Bertz CT molecular complexity index is 736. The summed E-state index contributed by atoms with van der Waals surface area (Å²) in [6.07, 6.45) is 4.30. The number of carboxylic acid groups (broad SMARTS) is 1. The van der Waals surface area contributed by atoms with Gasteiger partial charge in [-0.3, -0.25) is 4.79 Å². The van der Waals surface area contributed by atoms with Crippen LogP contribution in [0.4, 0.5) is 5.69 Å². The molecule has 1 aliphatic rings. The highest BCUT2D eigenvalue weighted by Crippen LogP contribution is 2.32. The van der Waals surface area contributed by atoms with Gasteiger partial charge in [-0.05, 0) is 60.1 Å². The molecule has 0 spiro atoms. The van der Waals surface area contributed by atoms with E-state index in [0.29, 0.717) is 6.42 Å². The summed E-state index contributed by atoms with van der Waals surface area (Å²) in [4.78, 5) is 13.4. The second-order valence-electron chi connectivity index (χ2n) is 6.60. The normalized spacial score (nSPS) is 14.5. The van der Waals surface area contributed by atoms with Gasteiger partial charge in [-0.1, -0.05) is 30.3 Å². The van der Waals surface area contributed by atoms with Crippen LogP contribution in [0.5, 0.6) is 0 Å². The number of anilines is 1. The van der Waals surface area contributed by atoms with Crippen LogP contribution >= 0.6 is 0 Å². The smallest absolute Gasteiger partial charge is 0.303 e. The van der Waals surface area contributed by atoms with Crippen molar-refractivity contribution in [3.05, 3.63) is 53.6 Å². The summed E-state index contributed by atoms with van der Waals surface area (Å²) in [5.74, 6) is -0.803. The monoisotopic (exact) mass is 339 g/mol. The van der Waals surface area contributed by atoms with Crippen LogP contribution in [-0.2, 0) is 17.8 Å². The Labute approximate surface area is 148 Å². The van der Waals surface area contributed by atoms with Crippen molar-refractivity contribution in [2.75, 3.05) is 18.0 Å². The second-order valence-corrected chi connectivity index (χ2v) is 6.60. The largest absolute Gasteiger partial charge is 0.481 e. The van der Waals surface area contributed by atoms with Gasteiger partial charge in [0.15, 0.2) is 0 Å². The van der Waals surface area contributed by atoms with Crippen molar-refractivity contribution in [1.29, 1.82) is 0 Å². The minimum absolute atomic E-state index is 0.0514. The van der Waals surface area contributed by atoms with E-state index in [1.165, 1.54) is 24.9 Å². The lowest BCUT2D eigenvalue weighted by Gasteiger charge is -2.29. The molecule has 0 amide bonds. The molecule has 3 rings (SSSR count). The fourth-order valence-electron chi connectivity index (χ4n) is 3.62. The van der Waals surface area contributed by atoms with E-state index in [9.17, 15) is 9.90 Å². The Hall–Kier alpha value is -2.33. The molecule has 2 aromatic carbocycles. The molecule has 132 valence electrons. The maximum Gasteiger partial charge on any atom is 0.303 e. The van der Waals surface area contributed by atoms with E-state index >= 15 is 0 Å². The Kier molecular flexibility index (Phi) is 5.71. The third-order valence-corrected chi connectivity index (χ3v) is 4.87. The average Bonchev–Trinajstić information content (AvgIpc) is 2.66. The number of piperidine rings is 1. The summed E-state index contributed by atoms with van der Waals surface area (Å²) >= 11 is 0. The second kappa shape index (κ2) is 8.17. The molecule has 0 aliphatic carbocycles. The number of rotatable bonds is 6. The van der Waals surface area contributed by atoms with Crippen molar-refractivity contribution < 1.29 is 15.0 Å². The molecular weight excluding hydrogens is 314 g/mol. The van der Waals surface area contributed by atoms with E-state index in [1.807, 2.05) is 24.3 Å². The fraction of sp³-hybridized carbons (Fsp3) is 0.381. The van der Waals surface area contributed by atoms with Gasteiger partial charge in [-0.2, -0.15) is 0 Å². The van der Waals surface area contributed by atoms with Crippen molar-refractivity contribution in [2.24, 2.45) is 0 Å². The zero-order chi connectivity index (χ0) is 17.6. The van der Waals surface area contributed by atoms with Gasteiger partial charge in [-0.15, -0.1) is 0 Å². The Balaban J connectivity index is 1.98. The van der Waals surface area contributed by atoms with E-state index in [4.69, 9.17) is 5.11 Å². The number of aliphatic hydroxyl groups is 1. The lowest BCUT2D eigenvalue weighted by Crippen LogP contribution is -2.29. The van der Waals surface area contributed by atoms with Crippen LogP contribution in [0, 0.1) is 0 Å². The first-order valence-corrected chi connectivity index (χ1v) is 8.98. The molecule has 2 N–H and O–H groups in total. The molecule has 1 fully saturated rings. The first-order valence-electron chi connectivity index (χ1n) is 8.98. The standard InChI is InChI=1S/C21H25NO3/c23-15-18-8-4-6-16(10-11-20(24)25)21(18)17-7-5-9-19(14-17)22-12-2-1-3-13-22/h4-9,14,23H,1-3,10-13,15H2,(H,24,25).